The number of thioether (sulfide) groups is 1. The Balaban J connectivity index is 2.37. The molecule has 2 aliphatic heterocycles. The minimum absolute atomic E-state index is 0.673. The smallest absolute Gasteiger partial charge is 0.327 e. The van der Waals surface area contributed by atoms with E-state index >= 15 is 0 Å². The Morgan fingerprint density at radius 1 is 1.67 bits per heavy atom. The van der Waals surface area contributed by atoms with E-state index in [1.165, 1.54) is 11.8 Å². The predicted molar refractivity (Wildman–Crippen MR) is 56.5 cm³/mol. The maximum atomic E-state index is 13.6. The maximum absolute atomic E-state index is 13.6. The number of carbonyl (C=O) groups excluding carboxylic acids is 1. The molecule has 4 nitrogen and oxygen atoms in total. The monoisotopic (exact) mass is 297 g/mol. The summed E-state index contributed by atoms with van der Waals surface area (Å²) in [5, 5.41) is 8.28. The number of halogens is 2. The number of alkyl halides is 2. The van der Waals surface area contributed by atoms with Gasteiger partial charge in [0, 0.05) is 4.75 Å². The zero-order chi connectivity index (χ0) is 11.6. The Morgan fingerprint density at radius 2 is 2.20 bits per heavy atom. The number of hydrogen-bond acceptors (Lipinski definition) is 3. The average molecular weight is 298 g/mol. The van der Waals surface area contributed by atoms with Crippen molar-refractivity contribution in [2.75, 3.05) is 0 Å². The summed E-state index contributed by atoms with van der Waals surface area (Å²) in [7, 11) is 0. The molecule has 2 heterocycles. The number of hydrogen-bond donors (Lipinski definition) is 1. The Labute approximate surface area is 98.3 Å². The number of carbonyl (C=O) groups is 2. The molecule has 0 spiro atoms. The van der Waals surface area contributed by atoms with Crippen molar-refractivity contribution in [3.05, 3.63) is 0 Å². The predicted octanol–water partition coefficient (Wildman–Crippen LogP) is 1.19. The number of carboxylic acids is 1. The quantitative estimate of drug-likeness (QED) is 0.584. The first-order valence-corrected chi connectivity index (χ1v) is 5.98. The van der Waals surface area contributed by atoms with Crippen molar-refractivity contribution in [2.24, 2.45) is 0 Å². The van der Waals surface area contributed by atoms with Crippen molar-refractivity contribution in [2.45, 2.75) is 34.6 Å². The molecule has 7 heteroatoms. The number of β-lactam (4-membered cyclic amide) rings is 1. The van der Waals surface area contributed by atoms with E-state index in [1.807, 2.05) is 0 Å². The molecule has 2 fully saturated rings. The fourth-order valence-electron chi connectivity index (χ4n) is 1.98. The van der Waals surface area contributed by atoms with Crippen LogP contribution in [0.2, 0.25) is 0 Å². The Hall–Kier alpha value is -0.300. The second-order valence-corrected chi connectivity index (χ2v) is 7.04. The summed E-state index contributed by atoms with van der Waals surface area (Å²) >= 11 is 3.86. The number of nitrogens with zero attached hydrogens (tertiary/aromatic N) is 1. The molecule has 15 heavy (non-hydrogen) atoms. The summed E-state index contributed by atoms with van der Waals surface area (Å²) in [6.07, 6.45) is 0. The molecular formula is C8H9BrFNO3S. The number of amides is 1. The van der Waals surface area contributed by atoms with Crippen molar-refractivity contribution >= 4 is 39.6 Å². The van der Waals surface area contributed by atoms with Gasteiger partial charge in [0.15, 0.2) is 0 Å². The lowest BCUT2D eigenvalue weighted by molar-refractivity contribution is -0.166. The summed E-state index contributed by atoms with van der Waals surface area (Å²) in [6.45, 7) is 3.40. The molecule has 0 aliphatic carbocycles. The van der Waals surface area contributed by atoms with Gasteiger partial charge in [0.2, 0.25) is 0 Å². The number of carboxylic acid groups (broad SMARTS) is 1. The van der Waals surface area contributed by atoms with E-state index in [4.69, 9.17) is 5.11 Å². The Bertz CT molecular complexity index is 360. The second-order valence-electron chi connectivity index (χ2n) is 4.15. The van der Waals surface area contributed by atoms with Crippen LogP contribution in [0.15, 0.2) is 0 Å². The third kappa shape index (κ3) is 1.25. The zero-order valence-electron chi connectivity index (χ0n) is 8.03. The minimum Gasteiger partial charge on any atom is -0.480 e. The molecule has 1 N–H and O–H groups in total. The molecule has 1 unspecified atom stereocenters. The van der Waals surface area contributed by atoms with Crippen LogP contribution in [0.4, 0.5) is 4.39 Å². The van der Waals surface area contributed by atoms with Gasteiger partial charge in [-0.2, -0.15) is 0 Å². The normalized spacial score (nSPS) is 42.4. The third-order valence-corrected chi connectivity index (χ3v) is 5.35. The van der Waals surface area contributed by atoms with Crippen molar-refractivity contribution in [3.63, 3.8) is 0 Å². The molecule has 0 aromatic carbocycles. The highest BCUT2D eigenvalue weighted by atomic mass is 79.9. The molecule has 2 aliphatic rings. The van der Waals surface area contributed by atoms with Crippen LogP contribution in [0.1, 0.15) is 13.8 Å². The van der Waals surface area contributed by atoms with E-state index in [0.29, 0.717) is 0 Å². The van der Waals surface area contributed by atoms with Gasteiger partial charge in [-0.15, -0.1) is 11.8 Å². The highest BCUT2D eigenvalue weighted by molar-refractivity contribution is 9.10. The van der Waals surface area contributed by atoms with Crippen molar-refractivity contribution in [1.82, 2.24) is 4.90 Å². The van der Waals surface area contributed by atoms with Crippen LogP contribution in [-0.2, 0) is 9.59 Å². The molecule has 0 bridgehead atoms. The Kier molecular flexibility index (Phi) is 2.15. The molecule has 84 valence electrons. The Morgan fingerprint density at radius 3 is 2.67 bits per heavy atom. The fourth-order valence-corrected chi connectivity index (χ4v) is 4.18. The molecule has 3 atom stereocenters. The van der Waals surface area contributed by atoms with Gasteiger partial charge in [-0.05, 0) is 29.8 Å². The van der Waals surface area contributed by atoms with E-state index in [0.717, 1.165) is 4.90 Å². The standard InChI is InChI=1S/C8H9BrFNO3S/c1-7(2)3(4(12)13)11-5(14)8(9,10)6(11)15-7/h3,6H,1-2H3,(H,12,13)/t3-,6+,8?/m0/s1. The molecule has 1 amide bonds. The summed E-state index contributed by atoms with van der Waals surface area (Å²) < 4.78 is 10.9. The van der Waals surface area contributed by atoms with Crippen LogP contribution in [-0.4, -0.2) is 42.6 Å². The summed E-state index contributed by atoms with van der Waals surface area (Å²) in [5.74, 6) is -1.88. The van der Waals surface area contributed by atoms with Gasteiger partial charge in [-0.1, -0.05) is 0 Å². The summed E-state index contributed by atoms with van der Waals surface area (Å²) in [4.78, 5) is 23.5. The number of fused-ring (bicyclic) bond motifs is 1. The van der Waals surface area contributed by atoms with Crippen LogP contribution in [0.5, 0.6) is 0 Å². The van der Waals surface area contributed by atoms with Crippen molar-refractivity contribution in [1.29, 1.82) is 0 Å². The zero-order valence-corrected chi connectivity index (χ0v) is 10.4. The third-order valence-electron chi connectivity index (χ3n) is 2.67. The largest absolute Gasteiger partial charge is 0.480 e. The first-order valence-electron chi connectivity index (χ1n) is 4.31. The first-order chi connectivity index (χ1) is 6.69. The fraction of sp³-hybridized carbons (Fsp3) is 0.750. The van der Waals surface area contributed by atoms with Gasteiger partial charge in [0.25, 0.3) is 10.5 Å². The minimum atomic E-state index is -2.10. The number of aliphatic carboxylic acids is 1. The van der Waals surface area contributed by atoms with Crippen LogP contribution in [0, 0.1) is 0 Å². The van der Waals surface area contributed by atoms with Crippen molar-refractivity contribution in [3.8, 4) is 0 Å². The summed E-state index contributed by atoms with van der Waals surface area (Å²) in [6, 6.07) is -0.957. The highest BCUT2D eigenvalue weighted by Crippen LogP contribution is 2.58. The van der Waals surface area contributed by atoms with Gasteiger partial charge in [0.05, 0.1) is 0 Å². The lowest BCUT2D eigenvalue weighted by atomic mass is 9.98. The first kappa shape index (κ1) is 11.2. The molecule has 2 saturated heterocycles. The highest BCUT2D eigenvalue weighted by Gasteiger charge is 2.71. The second kappa shape index (κ2) is 2.88. The van der Waals surface area contributed by atoms with Gasteiger partial charge >= 0.3 is 5.97 Å². The van der Waals surface area contributed by atoms with E-state index < -0.39 is 32.6 Å². The molecular weight excluding hydrogens is 289 g/mol. The van der Waals surface area contributed by atoms with Gasteiger partial charge in [0.1, 0.15) is 11.4 Å². The molecule has 0 saturated carbocycles. The topological polar surface area (TPSA) is 57.6 Å². The van der Waals surface area contributed by atoms with Gasteiger partial charge < -0.3 is 10.0 Å². The van der Waals surface area contributed by atoms with Crippen LogP contribution in [0.3, 0.4) is 0 Å². The number of rotatable bonds is 1. The van der Waals surface area contributed by atoms with Crippen LogP contribution in [0.25, 0.3) is 0 Å². The van der Waals surface area contributed by atoms with Crippen LogP contribution < -0.4 is 0 Å². The summed E-state index contributed by atoms with van der Waals surface area (Å²) in [5.41, 5.74) is 0. The lowest BCUT2D eigenvalue weighted by Crippen LogP contribution is -2.68. The van der Waals surface area contributed by atoms with E-state index in [-0.39, 0.29) is 0 Å². The molecule has 2 rings (SSSR count). The molecule has 0 aromatic rings. The van der Waals surface area contributed by atoms with E-state index in [9.17, 15) is 14.0 Å². The van der Waals surface area contributed by atoms with Crippen molar-refractivity contribution < 1.29 is 19.1 Å². The molecule has 0 radical (unpaired) electrons. The van der Waals surface area contributed by atoms with Crippen LogP contribution >= 0.6 is 27.7 Å². The molecule has 0 aromatic heterocycles. The van der Waals surface area contributed by atoms with E-state index in [1.54, 1.807) is 13.8 Å². The lowest BCUT2D eigenvalue weighted by Gasteiger charge is -2.44. The van der Waals surface area contributed by atoms with Gasteiger partial charge in [-0.3, -0.25) is 4.79 Å². The van der Waals surface area contributed by atoms with Gasteiger partial charge in [-0.25, -0.2) is 9.18 Å². The SMILES string of the molecule is CC1(C)S[C@H]2N(C(=O)C2(F)Br)[C@H]1C(=O)O. The average Bonchev–Trinajstić information content (AvgIpc) is 2.35. The van der Waals surface area contributed by atoms with E-state index in [2.05, 4.69) is 15.9 Å². The maximum Gasteiger partial charge on any atom is 0.327 e.